The van der Waals surface area contributed by atoms with Crippen LogP contribution in [0.5, 0.6) is 0 Å². The average Bonchev–Trinajstić information content (AvgIpc) is 2.50. The molecule has 1 saturated carbocycles. The summed E-state index contributed by atoms with van der Waals surface area (Å²) in [4.78, 5) is 14.6. The molecule has 0 aromatic heterocycles. The number of aryl methyl sites for hydroxylation is 1. The van der Waals surface area contributed by atoms with Gasteiger partial charge < -0.3 is 10.2 Å². The number of hydrogen-bond donors (Lipinski definition) is 1. The van der Waals surface area contributed by atoms with Crippen LogP contribution in [0.25, 0.3) is 0 Å². The summed E-state index contributed by atoms with van der Waals surface area (Å²) in [5, 5.41) is 3.71. The van der Waals surface area contributed by atoms with Gasteiger partial charge in [-0.2, -0.15) is 0 Å². The fourth-order valence-corrected chi connectivity index (χ4v) is 3.92. The molecule has 4 heteroatoms. The zero-order valence-electron chi connectivity index (χ0n) is 12.6. The van der Waals surface area contributed by atoms with Gasteiger partial charge in [0.25, 0.3) is 0 Å². The second-order valence-electron chi connectivity index (χ2n) is 6.34. The molecule has 3 rings (SSSR count). The van der Waals surface area contributed by atoms with Crippen LogP contribution in [-0.2, 0) is 0 Å². The smallest absolute Gasteiger partial charge is 0.321 e. The third-order valence-electron chi connectivity index (χ3n) is 4.93. The van der Waals surface area contributed by atoms with E-state index in [4.69, 9.17) is 11.6 Å². The minimum Gasteiger partial charge on any atom is -0.321 e. The second-order valence-corrected chi connectivity index (χ2v) is 6.75. The van der Waals surface area contributed by atoms with Crippen molar-refractivity contribution in [3.63, 3.8) is 0 Å². The van der Waals surface area contributed by atoms with E-state index in [9.17, 15) is 4.79 Å². The van der Waals surface area contributed by atoms with Crippen LogP contribution in [0.1, 0.15) is 44.1 Å². The lowest BCUT2D eigenvalue weighted by Crippen LogP contribution is -2.51. The summed E-state index contributed by atoms with van der Waals surface area (Å²) in [6, 6.07) is 6.16. The van der Waals surface area contributed by atoms with E-state index in [1.54, 1.807) is 0 Å². The van der Waals surface area contributed by atoms with Gasteiger partial charge in [0.1, 0.15) is 0 Å². The third-order valence-corrected chi connectivity index (χ3v) is 5.33. The van der Waals surface area contributed by atoms with Crippen molar-refractivity contribution in [1.29, 1.82) is 0 Å². The summed E-state index contributed by atoms with van der Waals surface area (Å²) in [7, 11) is 0. The summed E-state index contributed by atoms with van der Waals surface area (Å²) in [5.74, 6) is 0.708. The van der Waals surface area contributed by atoms with Crippen molar-refractivity contribution in [3.05, 3.63) is 28.8 Å². The fourth-order valence-electron chi connectivity index (χ4n) is 3.74. The molecule has 1 aromatic rings. The molecule has 3 nitrogen and oxygen atoms in total. The number of halogens is 1. The van der Waals surface area contributed by atoms with Crippen LogP contribution >= 0.6 is 11.6 Å². The van der Waals surface area contributed by atoms with Crippen molar-refractivity contribution in [1.82, 2.24) is 4.90 Å². The quantitative estimate of drug-likeness (QED) is 0.791. The molecule has 1 N–H and O–H groups in total. The Kier molecular flexibility index (Phi) is 4.39. The van der Waals surface area contributed by atoms with Gasteiger partial charge in [-0.3, -0.25) is 0 Å². The second kappa shape index (κ2) is 6.27. The predicted octanol–water partition coefficient (Wildman–Crippen LogP) is 4.83. The Labute approximate surface area is 131 Å². The number of carbonyl (C=O) groups is 1. The molecule has 0 unspecified atom stereocenters. The van der Waals surface area contributed by atoms with Gasteiger partial charge in [-0.15, -0.1) is 0 Å². The molecule has 2 amide bonds. The van der Waals surface area contributed by atoms with Crippen molar-refractivity contribution in [2.45, 2.75) is 51.5 Å². The van der Waals surface area contributed by atoms with E-state index >= 15 is 0 Å². The molecule has 1 heterocycles. The lowest BCUT2D eigenvalue weighted by atomic mass is 9.78. The Morgan fingerprint density at radius 2 is 2.00 bits per heavy atom. The van der Waals surface area contributed by atoms with Gasteiger partial charge in [-0.25, -0.2) is 4.79 Å². The SMILES string of the molecule is Cc1ccc(NC(=O)N2CCC[C@H]3CCCC[C@H]32)cc1Cl. The summed E-state index contributed by atoms with van der Waals surface area (Å²) in [6.07, 6.45) is 7.43. The highest BCUT2D eigenvalue weighted by Gasteiger charge is 2.35. The van der Waals surface area contributed by atoms with Gasteiger partial charge in [0.15, 0.2) is 0 Å². The van der Waals surface area contributed by atoms with Crippen molar-refractivity contribution in [2.24, 2.45) is 5.92 Å². The monoisotopic (exact) mass is 306 g/mol. The molecule has 2 aliphatic rings. The van der Waals surface area contributed by atoms with Crippen molar-refractivity contribution in [3.8, 4) is 0 Å². The molecule has 21 heavy (non-hydrogen) atoms. The molecular weight excluding hydrogens is 284 g/mol. The normalized spacial score (nSPS) is 25.3. The lowest BCUT2D eigenvalue weighted by molar-refractivity contribution is 0.0909. The first-order valence-electron chi connectivity index (χ1n) is 7.99. The number of rotatable bonds is 1. The summed E-state index contributed by atoms with van der Waals surface area (Å²) in [5.41, 5.74) is 1.81. The molecule has 1 aromatic carbocycles. The first-order chi connectivity index (χ1) is 10.1. The van der Waals surface area contributed by atoms with Gasteiger partial charge in [-0.1, -0.05) is 30.5 Å². The Morgan fingerprint density at radius 3 is 2.81 bits per heavy atom. The van der Waals surface area contributed by atoms with Crippen molar-refractivity contribution >= 4 is 23.3 Å². The molecule has 2 atom stereocenters. The van der Waals surface area contributed by atoms with Crippen LogP contribution < -0.4 is 5.32 Å². The van der Waals surface area contributed by atoms with E-state index in [1.807, 2.05) is 25.1 Å². The number of likely N-dealkylation sites (tertiary alicyclic amines) is 1. The Hall–Kier alpha value is -1.22. The number of amides is 2. The van der Waals surface area contributed by atoms with Crippen LogP contribution in [0, 0.1) is 12.8 Å². The van der Waals surface area contributed by atoms with Gasteiger partial charge >= 0.3 is 6.03 Å². The van der Waals surface area contributed by atoms with Gasteiger partial charge in [0, 0.05) is 23.3 Å². The highest BCUT2D eigenvalue weighted by atomic mass is 35.5. The Morgan fingerprint density at radius 1 is 1.24 bits per heavy atom. The van der Waals surface area contributed by atoms with E-state index in [-0.39, 0.29) is 6.03 Å². The van der Waals surface area contributed by atoms with Crippen LogP contribution in [0.15, 0.2) is 18.2 Å². The maximum absolute atomic E-state index is 12.6. The minimum atomic E-state index is 0.0338. The van der Waals surface area contributed by atoms with Crippen LogP contribution in [-0.4, -0.2) is 23.5 Å². The summed E-state index contributed by atoms with van der Waals surface area (Å²) >= 11 is 6.13. The van der Waals surface area contributed by atoms with Crippen molar-refractivity contribution in [2.75, 3.05) is 11.9 Å². The fraction of sp³-hybridized carbons (Fsp3) is 0.588. The molecule has 2 fully saturated rings. The molecule has 114 valence electrons. The zero-order chi connectivity index (χ0) is 14.8. The number of hydrogen-bond acceptors (Lipinski definition) is 1. The number of fused-ring (bicyclic) bond motifs is 1. The number of nitrogens with zero attached hydrogens (tertiary/aromatic N) is 1. The van der Waals surface area contributed by atoms with Crippen LogP contribution in [0.2, 0.25) is 5.02 Å². The Bertz CT molecular complexity index is 530. The lowest BCUT2D eigenvalue weighted by Gasteiger charge is -2.44. The number of urea groups is 1. The highest BCUT2D eigenvalue weighted by molar-refractivity contribution is 6.31. The Balaban J connectivity index is 1.70. The number of piperidine rings is 1. The molecular formula is C17H23ClN2O. The standard InChI is InChI=1S/C17H23ClN2O/c1-12-8-9-14(11-15(12)18)19-17(21)20-10-4-6-13-5-2-3-7-16(13)20/h8-9,11,13,16H,2-7,10H2,1H3,(H,19,21)/t13-,16-/m1/s1. The number of benzene rings is 1. The molecule has 0 radical (unpaired) electrons. The highest BCUT2D eigenvalue weighted by Crippen LogP contribution is 2.35. The number of nitrogens with one attached hydrogen (secondary N) is 1. The topological polar surface area (TPSA) is 32.3 Å². The number of carbonyl (C=O) groups excluding carboxylic acids is 1. The van der Waals surface area contributed by atoms with E-state index in [0.717, 1.165) is 30.6 Å². The minimum absolute atomic E-state index is 0.0338. The van der Waals surface area contributed by atoms with Crippen LogP contribution in [0.3, 0.4) is 0 Å². The van der Waals surface area contributed by atoms with Gasteiger partial charge in [0.2, 0.25) is 0 Å². The molecule has 1 saturated heterocycles. The maximum atomic E-state index is 12.6. The molecule has 0 spiro atoms. The van der Waals surface area contributed by atoms with E-state index in [2.05, 4.69) is 10.2 Å². The number of anilines is 1. The molecule has 1 aliphatic carbocycles. The largest absolute Gasteiger partial charge is 0.322 e. The predicted molar refractivity (Wildman–Crippen MR) is 86.9 cm³/mol. The first-order valence-corrected chi connectivity index (χ1v) is 8.37. The molecule has 0 bridgehead atoms. The van der Waals surface area contributed by atoms with Crippen molar-refractivity contribution < 1.29 is 4.79 Å². The van der Waals surface area contributed by atoms with Gasteiger partial charge in [-0.05, 0) is 56.2 Å². The summed E-state index contributed by atoms with van der Waals surface area (Å²) in [6.45, 7) is 2.85. The third kappa shape index (κ3) is 3.18. The maximum Gasteiger partial charge on any atom is 0.322 e. The van der Waals surface area contributed by atoms with Gasteiger partial charge in [0.05, 0.1) is 0 Å². The molecule has 1 aliphatic heterocycles. The van der Waals surface area contributed by atoms with E-state index in [1.165, 1.54) is 25.7 Å². The summed E-state index contributed by atoms with van der Waals surface area (Å²) < 4.78 is 0. The van der Waals surface area contributed by atoms with Crippen LogP contribution in [0.4, 0.5) is 10.5 Å². The zero-order valence-corrected chi connectivity index (χ0v) is 13.3. The van der Waals surface area contributed by atoms with E-state index < -0.39 is 0 Å². The first kappa shape index (κ1) is 14.7. The average molecular weight is 307 g/mol. The van der Waals surface area contributed by atoms with E-state index in [0.29, 0.717) is 17.0 Å².